The Morgan fingerprint density at radius 1 is 0.985 bits per heavy atom. The number of nitrogens with one attached hydrogen (secondary N) is 1. The fourth-order valence-electron chi connectivity index (χ4n) is 10.2. The van der Waals surface area contributed by atoms with E-state index >= 15 is 0 Å². The summed E-state index contributed by atoms with van der Waals surface area (Å²) in [5.41, 5.74) is -0.420. The topological polar surface area (TPSA) is 211 Å². The van der Waals surface area contributed by atoms with E-state index in [4.69, 9.17) is 33.2 Å². The lowest BCUT2D eigenvalue weighted by molar-refractivity contribution is -0.317. The first kappa shape index (κ1) is 54.8. The van der Waals surface area contributed by atoms with Crippen LogP contribution in [0.15, 0.2) is 35.4 Å². The molecule has 1 amide bonds. The van der Waals surface area contributed by atoms with E-state index in [2.05, 4.69) is 10.5 Å². The predicted molar refractivity (Wildman–Crippen MR) is 245 cm³/mol. The molecule has 1 aromatic carbocycles. The summed E-state index contributed by atoms with van der Waals surface area (Å²) >= 11 is 0. The highest BCUT2D eigenvalue weighted by Gasteiger charge is 2.54. The molecule has 17 heteroatoms. The third-order valence-corrected chi connectivity index (χ3v) is 14.0. The summed E-state index contributed by atoms with van der Waals surface area (Å²) < 4.78 is 44.5. The molecule has 0 saturated carbocycles. The van der Waals surface area contributed by atoms with Crippen LogP contribution < -0.4 is 5.43 Å². The zero-order chi connectivity index (χ0) is 48.8. The van der Waals surface area contributed by atoms with Gasteiger partial charge in [-0.05, 0) is 107 Å². The van der Waals surface area contributed by atoms with Crippen molar-refractivity contribution in [3.63, 3.8) is 0 Å². The maximum absolute atomic E-state index is 14.5. The van der Waals surface area contributed by atoms with Gasteiger partial charge in [-0.15, -0.1) is 0 Å². The first-order chi connectivity index (χ1) is 30.3. The van der Waals surface area contributed by atoms with Crippen LogP contribution in [0.2, 0.25) is 0 Å². The lowest BCUT2D eigenvalue weighted by atomic mass is 9.77. The summed E-state index contributed by atoms with van der Waals surface area (Å²) in [6.45, 7) is 19.8. The number of carbonyl (C=O) groups excluding carboxylic acids is 2. The van der Waals surface area contributed by atoms with Crippen molar-refractivity contribution < 1.29 is 63.2 Å². The van der Waals surface area contributed by atoms with Crippen LogP contribution in [0.4, 0.5) is 4.79 Å². The largest absolute Gasteiger partial charge is 0.459 e. The highest BCUT2D eigenvalue weighted by Crippen LogP contribution is 2.41. The Kier molecular flexibility index (Phi) is 19.4. The lowest BCUT2D eigenvalue weighted by Crippen LogP contribution is -2.61. The monoisotopic (exact) mass is 923 g/mol. The van der Waals surface area contributed by atoms with Gasteiger partial charge in [-0.1, -0.05) is 51.1 Å². The Balaban J connectivity index is 1.72. The van der Waals surface area contributed by atoms with Crippen molar-refractivity contribution in [1.82, 2.24) is 15.2 Å². The molecule has 3 aliphatic rings. The van der Waals surface area contributed by atoms with Gasteiger partial charge in [0.2, 0.25) is 0 Å². The average Bonchev–Trinajstić information content (AvgIpc) is 3.23. The normalized spacial score (nSPS) is 42.1. The van der Waals surface area contributed by atoms with Crippen molar-refractivity contribution in [2.24, 2.45) is 22.9 Å². The summed E-state index contributed by atoms with van der Waals surface area (Å²) in [4.78, 5) is 31.5. The third kappa shape index (κ3) is 13.7. The lowest BCUT2D eigenvalue weighted by Gasteiger charge is -2.49. The number of methoxy groups -OCH3 is 1. The quantitative estimate of drug-likeness (QED) is 0.119. The molecule has 0 aromatic heterocycles. The van der Waals surface area contributed by atoms with Crippen LogP contribution >= 0.6 is 0 Å². The standard InChI is InChI=1S/C48H82N4O13/c1-16-36-48(11,58)40(54)32(7)52(14)26-27(2)24-46(9,57)41(64-44-38(53)35(51(12)13)23-29(4)60-44)30(5)39(31(6)43(55)62-36)63-37-25-47(10,59-15)42(33(8)61-37)65-45(56)50-49-28(3)22-34-20-18-17-19-21-34/h17-21,27,29-33,35-42,44,53-54,57-58H,16,22-26H2,1-15H3,(H,50,56)/b49-28-/t27-,29-,30+,31-,32-,33+,35+,36-,37+,38-,39+,40-,41-,42?,44+,46-,47-,48-/m1/s1. The first-order valence-electron chi connectivity index (χ1n) is 23.3. The summed E-state index contributed by atoms with van der Waals surface area (Å²) in [5, 5.41) is 52.1. The van der Waals surface area contributed by atoms with Crippen LogP contribution in [0.1, 0.15) is 107 Å². The Hall–Kier alpha value is -2.81. The van der Waals surface area contributed by atoms with Crippen molar-refractivity contribution in [2.45, 2.75) is 199 Å². The number of ether oxygens (including phenoxy) is 7. The SMILES string of the molecule is CC[C@H]1OC(=O)[C@H](C)[C@@H](O[C@H]2C[C@@](C)(OC)C(OC(=O)N/N=C(/C)Cc3ccccc3)[C@H](C)O2)[C@H](C)[C@@H](O[C@@H]2O[C@H](C)C[C@H](N(C)C)[C@H]2O)[C@](C)(O)C[C@@H](C)CN(C)[C@H](C)[C@@H](O)[C@]1(C)O. The molecule has 1 aromatic rings. The molecule has 0 bridgehead atoms. The van der Waals surface area contributed by atoms with Gasteiger partial charge in [0.25, 0.3) is 0 Å². The molecule has 0 spiro atoms. The number of esters is 1. The zero-order valence-corrected chi connectivity index (χ0v) is 41.6. The van der Waals surface area contributed by atoms with E-state index in [1.165, 1.54) is 14.0 Å². The van der Waals surface area contributed by atoms with Gasteiger partial charge in [0.05, 0.1) is 35.9 Å². The number of carbonyl (C=O) groups is 2. The number of likely N-dealkylation sites (N-methyl/N-ethyl adjacent to an activating group) is 2. The molecular formula is C48H82N4O13. The van der Waals surface area contributed by atoms with Crippen LogP contribution in [0.5, 0.6) is 0 Å². The van der Waals surface area contributed by atoms with Gasteiger partial charge in [0.1, 0.15) is 29.5 Å². The maximum Gasteiger partial charge on any atom is 0.428 e. The van der Waals surface area contributed by atoms with Gasteiger partial charge in [-0.25, -0.2) is 10.2 Å². The van der Waals surface area contributed by atoms with Gasteiger partial charge in [-0.3, -0.25) is 4.79 Å². The predicted octanol–water partition coefficient (Wildman–Crippen LogP) is 4.25. The van der Waals surface area contributed by atoms with Gasteiger partial charge in [0, 0.05) is 50.2 Å². The highest BCUT2D eigenvalue weighted by molar-refractivity contribution is 5.85. The molecule has 3 fully saturated rings. The van der Waals surface area contributed by atoms with Gasteiger partial charge in [0.15, 0.2) is 18.7 Å². The van der Waals surface area contributed by atoms with E-state index in [0.717, 1.165) is 5.56 Å². The van der Waals surface area contributed by atoms with Crippen molar-refractivity contribution >= 4 is 17.8 Å². The summed E-state index contributed by atoms with van der Waals surface area (Å²) in [6.07, 6.45) is -9.18. The second kappa shape index (κ2) is 23.0. The number of aliphatic hydroxyl groups is 4. The van der Waals surface area contributed by atoms with Crippen LogP contribution in [0, 0.1) is 17.8 Å². The Bertz CT molecular complexity index is 1700. The van der Waals surface area contributed by atoms with Crippen LogP contribution in [0.25, 0.3) is 0 Å². The molecule has 1 unspecified atom stereocenters. The number of hydrogen-bond acceptors (Lipinski definition) is 16. The number of cyclic esters (lactones) is 1. The number of rotatable bonds is 11. The second-order valence-corrected chi connectivity index (χ2v) is 20.2. The van der Waals surface area contributed by atoms with E-state index < -0.39 is 102 Å². The summed E-state index contributed by atoms with van der Waals surface area (Å²) in [7, 11) is 7.09. The number of amides is 1. The van der Waals surface area contributed by atoms with Crippen molar-refractivity contribution in [2.75, 3.05) is 34.8 Å². The van der Waals surface area contributed by atoms with Crippen LogP contribution in [-0.2, 0) is 44.4 Å². The molecule has 4 rings (SSSR count). The smallest absolute Gasteiger partial charge is 0.428 e. The minimum Gasteiger partial charge on any atom is -0.459 e. The zero-order valence-electron chi connectivity index (χ0n) is 41.6. The Morgan fingerprint density at radius 2 is 1.63 bits per heavy atom. The second-order valence-electron chi connectivity index (χ2n) is 20.2. The molecule has 5 N–H and O–H groups in total. The summed E-state index contributed by atoms with van der Waals surface area (Å²) in [5.74, 6) is -2.80. The number of nitrogens with zero attached hydrogens (tertiary/aromatic N) is 3. The van der Waals surface area contributed by atoms with E-state index in [0.29, 0.717) is 25.1 Å². The number of hydrogen-bond donors (Lipinski definition) is 5. The molecule has 0 aliphatic carbocycles. The molecule has 17 nitrogen and oxygen atoms in total. The third-order valence-electron chi connectivity index (χ3n) is 14.0. The minimum absolute atomic E-state index is 0.0429. The molecule has 65 heavy (non-hydrogen) atoms. The highest BCUT2D eigenvalue weighted by atomic mass is 16.7. The Morgan fingerprint density at radius 3 is 2.23 bits per heavy atom. The fraction of sp³-hybridized carbons (Fsp3) is 0.812. The average molecular weight is 923 g/mol. The number of hydrazone groups is 1. The van der Waals surface area contributed by atoms with Crippen molar-refractivity contribution in [1.29, 1.82) is 0 Å². The van der Waals surface area contributed by atoms with E-state index in [1.807, 2.05) is 82.0 Å². The molecular weight excluding hydrogens is 841 g/mol. The summed E-state index contributed by atoms with van der Waals surface area (Å²) in [6, 6.07) is 8.87. The maximum atomic E-state index is 14.5. The number of aliphatic hydroxyl groups excluding tert-OH is 2. The fourth-order valence-corrected chi connectivity index (χ4v) is 10.2. The van der Waals surface area contributed by atoms with E-state index in [1.54, 1.807) is 48.5 Å². The number of benzene rings is 1. The van der Waals surface area contributed by atoms with Crippen molar-refractivity contribution in [3.05, 3.63) is 35.9 Å². The van der Waals surface area contributed by atoms with Gasteiger partial charge >= 0.3 is 12.1 Å². The molecule has 0 radical (unpaired) electrons. The van der Waals surface area contributed by atoms with Gasteiger partial charge in [-0.2, -0.15) is 5.10 Å². The van der Waals surface area contributed by atoms with Gasteiger partial charge < -0.3 is 63.4 Å². The molecule has 3 saturated heterocycles. The molecule has 372 valence electrons. The van der Waals surface area contributed by atoms with Crippen molar-refractivity contribution in [3.8, 4) is 0 Å². The van der Waals surface area contributed by atoms with Crippen LogP contribution in [0.3, 0.4) is 0 Å². The first-order valence-corrected chi connectivity index (χ1v) is 23.3. The molecule has 3 heterocycles. The van der Waals surface area contributed by atoms with E-state index in [9.17, 15) is 30.0 Å². The molecule has 3 aliphatic heterocycles. The van der Waals surface area contributed by atoms with Crippen LogP contribution in [-0.4, -0.2) is 173 Å². The van der Waals surface area contributed by atoms with E-state index in [-0.39, 0.29) is 37.3 Å². The molecule has 18 atom stereocenters. The Labute approximate surface area is 387 Å². The minimum atomic E-state index is -1.84.